The molecule has 0 aliphatic carbocycles. The van der Waals surface area contributed by atoms with E-state index in [4.69, 9.17) is 16.7 Å². The third-order valence-electron chi connectivity index (χ3n) is 1.81. The molecule has 1 N–H and O–H groups in total. The van der Waals surface area contributed by atoms with Gasteiger partial charge in [-0.15, -0.1) is 24.8 Å². The number of halogens is 4. The highest BCUT2D eigenvalue weighted by Gasteiger charge is 2.33. The minimum Gasteiger partial charge on any atom is -0.480 e. The van der Waals surface area contributed by atoms with E-state index in [2.05, 4.69) is 14.5 Å². The summed E-state index contributed by atoms with van der Waals surface area (Å²) in [5, 5.41) is 8.81. The highest BCUT2D eigenvalue weighted by molar-refractivity contribution is 6.17. The van der Waals surface area contributed by atoms with E-state index in [0.717, 1.165) is 13.2 Å². The van der Waals surface area contributed by atoms with E-state index in [1.54, 1.807) is 0 Å². The maximum Gasteiger partial charge on any atom is 0.574 e. The number of aromatic nitrogens is 1. The van der Waals surface area contributed by atoms with Crippen molar-refractivity contribution in [3.63, 3.8) is 0 Å². The summed E-state index contributed by atoms with van der Waals surface area (Å²) in [6.07, 6.45) is -4.95. The number of methoxy groups -OCH3 is 1. The van der Waals surface area contributed by atoms with E-state index in [9.17, 15) is 18.0 Å². The van der Waals surface area contributed by atoms with Crippen molar-refractivity contribution in [2.75, 3.05) is 7.11 Å². The summed E-state index contributed by atoms with van der Waals surface area (Å²) in [4.78, 5) is 14.2. The fraction of sp³-hybridized carbons (Fsp3) is 0.333. The number of hydrogen-bond donors (Lipinski definition) is 1. The van der Waals surface area contributed by atoms with Crippen LogP contribution in [0.3, 0.4) is 0 Å². The number of aromatic carboxylic acids is 1. The number of carboxylic acid groups (broad SMARTS) is 1. The van der Waals surface area contributed by atoms with Crippen LogP contribution < -0.4 is 9.47 Å². The third kappa shape index (κ3) is 3.39. The molecule has 0 aliphatic heterocycles. The van der Waals surface area contributed by atoms with Crippen molar-refractivity contribution in [1.82, 2.24) is 4.98 Å². The van der Waals surface area contributed by atoms with Crippen LogP contribution in [0.5, 0.6) is 11.8 Å². The molecule has 0 spiro atoms. The Kier molecular flexibility index (Phi) is 4.23. The summed E-state index contributed by atoms with van der Waals surface area (Å²) < 4.78 is 44.5. The van der Waals surface area contributed by atoms with E-state index in [1.807, 2.05) is 0 Å². The van der Waals surface area contributed by atoms with Gasteiger partial charge in [-0.05, 0) is 6.07 Å². The second-order valence-corrected chi connectivity index (χ2v) is 3.26. The Bertz CT molecular complexity index is 464. The van der Waals surface area contributed by atoms with Gasteiger partial charge in [0.15, 0.2) is 0 Å². The number of alkyl halides is 4. The molecule has 9 heteroatoms. The monoisotopic (exact) mass is 285 g/mol. The molecule has 0 aromatic carbocycles. The van der Waals surface area contributed by atoms with Crippen molar-refractivity contribution in [3.8, 4) is 11.8 Å². The SMILES string of the molecule is COc1nc(OC(F)(F)F)c(CCl)cc1C(=O)O. The molecular weight excluding hydrogens is 279 g/mol. The molecule has 18 heavy (non-hydrogen) atoms. The Balaban J connectivity index is 3.30. The van der Waals surface area contributed by atoms with Gasteiger partial charge in [0.25, 0.3) is 0 Å². The van der Waals surface area contributed by atoms with Gasteiger partial charge in [0, 0.05) is 5.56 Å². The van der Waals surface area contributed by atoms with Gasteiger partial charge in [0.05, 0.1) is 13.0 Å². The van der Waals surface area contributed by atoms with E-state index in [-0.39, 0.29) is 11.4 Å². The molecule has 0 unspecified atom stereocenters. The average Bonchev–Trinajstić information content (AvgIpc) is 2.25. The van der Waals surface area contributed by atoms with Gasteiger partial charge in [-0.3, -0.25) is 0 Å². The first-order valence-electron chi connectivity index (χ1n) is 4.41. The molecule has 0 amide bonds. The highest BCUT2D eigenvalue weighted by atomic mass is 35.5. The highest BCUT2D eigenvalue weighted by Crippen LogP contribution is 2.30. The van der Waals surface area contributed by atoms with Gasteiger partial charge in [0.2, 0.25) is 11.8 Å². The second-order valence-electron chi connectivity index (χ2n) is 3.00. The molecule has 1 aromatic heterocycles. The molecule has 0 bridgehead atoms. The maximum absolute atomic E-state index is 12.1. The van der Waals surface area contributed by atoms with Crippen LogP contribution >= 0.6 is 11.6 Å². The molecule has 0 fully saturated rings. The lowest BCUT2D eigenvalue weighted by Gasteiger charge is -2.13. The van der Waals surface area contributed by atoms with E-state index >= 15 is 0 Å². The number of carbonyl (C=O) groups is 1. The number of ether oxygens (including phenoxy) is 2. The van der Waals surface area contributed by atoms with Gasteiger partial charge in [-0.2, -0.15) is 4.98 Å². The summed E-state index contributed by atoms with van der Waals surface area (Å²) in [7, 11) is 1.08. The molecular formula is C9H7ClF3NO4. The van der Waals surface area contributed by atoms with Crippen molar-refractivity contribution in [1.29, 1.82) is 0 Å². The number of pyridine rings is 1. The Morgan fingerprint density at radius 1 is 1.50 bits per heavy atom. The van der Waals surface area contributed by atoms with Gasteiger partial charge >= 0.3 is 12.3 Å². The van der Waals surface area contributed by atoms with Crippen molar-refractivity contribution in [2.45, 2.75) is 12.2 Å². The second kappa shape index (κ2) is 5.30. The maximum atomic E-state index is 12.1. The Morgan fingerprint density at radius 3 is 2.50 bits per heavy atom. The van der Waals surface area contributed by atoms with Crippen LogP contribution in [0.15, 0.2) is 6.07 Å². The zero-order chi connectivity index (χ0) is 13.9. The van der Waals surface area contributed by atoms with E-state index in [0.29, 0.717) is 0 Å². The van der Waals surface area contributed by atoms with E-state index in [1.165, 1.54) is 0 Å². The van der Waals surface area contributed by atoms with Crippen molar-refractivity contribution < 1.29 is 32.5 Å². The van der Waals surface area contributed by atoms with Gasteiger partial charge in [-0.25, -0.2) is 4.79 Å². The summed E-state index contributed by atoms with van der Waals surface area (Å²) >= 11 is 5.41. The molecule has 0 saturated carbocycles. The fourth-order valence-corrected chi connectivity index (χ4v) is 1.32. The number of rotatable bonds is 4. The molecule has 0 aliphatic rings. The van der Waals surface area contributed by atoms with Crippen LogP contribution in [0, 0.1) is 0 Å². The van der Waals surface area contributed by atoms with Crippen LogP contribution in [-0.4, -0.2) is 29.5 Å². The van der Waals surface area contributed by atoms with Crippen LogP contribution in [0.1, 0.15) is 15.9 Å². The lowest BCUT2D eigenvalue weighted by atomic mass is 10.2. The summed E-state index contributed by atoms with van der Waals surface area (Å²) in [6.45, 7) is 0. The van der Waals surface area contributed by atoms with E-state index < -0.39 is 29.7 Å². The predicted octanol–water partition coefficient (Wildman–Crippen LogP) is 2.43. The minimum absolute atomic E-state index is 0.202. The summed E-state index contributed by atoms with van der Waals surface area (Å²) in [5.74, 6) is -3.11. The van der Waals surface area contributed by atoms with Gasteiger partial charge < -0.3 is 14.6 Å². The van der Waals surface area contributed by atoms with Crippen LogP contribution in [0.25, 0.3) is 0 Å². The standard InChI is InChI=1S/C9H7ClF3NO4/c1-17-7-5(8(15)16)2-4(3-10)6(14-7)18-9(11,12)13/h2H,3H2,1H3,(H,15,16). The number of nitrogens with zero attached hydrogens (tertiary/aromatic N) is 1. The minimum atomic E-state index is -4.95. The molecule has 5 nitrogen and oxygen atoms in total. The topological polar surface area (TPSA) is 68.7 Å². The molecule has 1 heterocycles. The third-order valence-corrected chi connectivity index (χ3v) is 2.09. The lowest BCUT2D eigenvalue weighted by molar-refractivity contribution is -0.276. The van der Waals surface area contributed by atoms with Gasteiger partial charge in [0.1, 0.15) is 5.56 Å². The van der Waals surface area contributed by atoms with Gasteiger partial charge in [-0.1, -0.05) is 0 Å². The van der Waals surface area contributed by atoms with Crippen LogP contribution in [-0.2, 0) is 5.88 Å². The normalized spacial score (nSPS) is 11.2. The zero-order valence-electron chi connectivity index (χ0n) is 8.92. The number of carboxylic acids is 1. The largest absolute Gasteiger partial charge is 0.574 e. The lowest BCUT2D eigenvalue weighted by Crippen LogP contribution is -2.19. The number of hydrogen-bond acceptors (Lipinski definition) is 4. The molecule has 100 valence electrons. The van der Waals surface area contributed by atoms with Crippen molar-refractivity contribution >= 4 is 17.6 Å². The smallest absolute Gasteiger partial charge is 0.480 e. The molecule has 0 saturated heterocycles. The Hall–Kier alpha value is -1.70. The predicted molar refractivity (Wildman–Crippen MR) is 54.0 cm³/mol. The quantitative estimate of drug-likeness (QED) is 0.861. The molecule has 1 rings (SSSR count). The van der Waals surface area contributed by atoms with Crippen molar-refractivity contribution in [2.24, 2.45) is 0 Å². The van der Waals surface area contributed by atoms with Crippen LogP contribution in [0.4, 0.5) is 13.2 Å². The first-order chi connectivity index (χ1) is 8.28. The molecule has 0 atom stereocenters. The first-order valence-corrected chi connectivity index (χ1v) is 4.95. The fourth-order valence-electron chi connectivity index (χ4n) is 1.12. The average molecular weight is 286 g/mol. The van der Waals surface area contributed by atoms with Crippen molar-refractivity contribution in [3.05, 3.63) is 17.2 Å². The first kappa shape index (κ1) is 14.4. The zero-order valence-corrected chi connectivity index (χ0v) is 9.67. The van der Waals surface area contributed by atoms with Crippen LogP contribution in [0.2, 0.25) is 0 Å². The summed E-state index contributed by atoms with van der Waals surface area (Å²) in [6, 6.07) is 0.919. The molecule has 0 radical (unpaired) electrons. The Morgan fingerprint density at radius 2 is 2.11 bits per heavy atom. The Labute approximate surface area is 104 Å². The molecule has 1 aromatic rings. The summed E-state index contributed by atoms with van der Waals surface area (Å²) in [5.41, 5.74) is -0.602.